The Labute approximate surface area is 87.8 Å². The summed E-state index contributed by atoms with van der Waals surface area (Å²) in [5.41, 5.74) is 0. The van der Waals surface area contributed by atoms with Gasteiger partial charge >= 0.3 is 0 Å². The summed E-state index contributed by atoms with van der Waals surface area (Å²) >= 11 is 1.53. The third-order valence-corrected chi connectivity index (χ3v) is 3.01. The summed E-state index contributed by atoms with van der Waals surface area (Å²) in [6, 6.07) is 0.150. The van der Waals surface area contributed by atoms with Gasteiger partial charge in [-0.1, -0.05) is 11.3 Å². The van der Waals surface area contributed by atoms with E-state index in [-0.39, 0.29) is 12.6 Å². The van der Waals surface area contributed by atoms with Crippen LogP contribution in [0.2, 0.25) is 0 Å². The van der Waals surface area contributed by atoms with Crippen LogP contribution in [0, 0.1) is 0 Å². The highest BCUT2D eigenvalue weighted by molar-refractivity contribution is 7.15. The lowest BCUT2D eigenvalue weighted by atomic mass is 10.3. The summed E-state index contributed by atoms with van der Waals surface area (Å²) in [6.45, 7) is 2.86. The molecule has 2 N–H and O–H groups in total. The van der Waals surface area contributed by atoms with Gasteiger partial charge in [-0.2, -0.15) is 0 Å². The van der Waals surface area contributed by atoms with Crippen molar-refractivity contribution in [1.29, 1.82) is 0 Å². The number of hydrogen-bond donors (Lipinski definition) is 2. The van der Waals surface area contributed by atoms with E-state index in [2.05, 4.69) is 15.5 Å². The van der Waals surface area contributed by atoms with E-state index < -0.39 is 0 Å². The molecule has 14 heavy (non-hydrogen) atoms. The van der Waals surface area contributed by atoms with E-state index in [1.807, 2.05) is 25.9 Å². The van der Waals surface area contributed by atoms with Crippen LogP contribution in [0.15, 0.2) is 0 Å². The number of nitrogens with one attached hydrogen (secondary N) is 1. The van der Waals surface area contributed by atoms with Crippen LogP contribution < -0.4 is 5.32 Å². The molecule has 0 saturated carbocycles. The molecule has 1 heterocycles. The Hall–Kier alpha value is -0.720. The van der Waals surface area contributed by atoms with Crippen molar-refractivity contribution < 1.29 is 5.11 Å². The predicted molar refractivity (Wildman–Crippen MR) is 57.5 cm³/mol. The van der Waals surface area contributed by atoms with Gasteiger partial charge in [0, 0.05) is 13.1 Å². The van der Waals surface area contributed by atoms with Crippen molar-refractivity contribution in [2.45, 2.75) is 19.5 Å². The SMILES string of the molecule is CNc1nnc(CN(C)C(C)CO)s1. The second-order valence-corrected chi connectivity index (χ2v) is 4.26. The summed E-state index contributed by atoms with van der Waals surface area (Å²) < 4.78 is 0. The van der Waals surface area contributed by atoms with Crippen molar-refractivity contribution in [3.8, 4) is 0 Å². The van der Waals surface area contributed by atoms with Crippen molar-refractivity contribution in [1.82, 2.24) is 15.1 Å². The number of rotatable bonds is 5. The predicted octanol–water partition coefficient (Wildman–Crippen LogP) is 0.392. The average molecular weight is 216 g/mol. The maximum atomic E-state index is 8.95. The largest absolute Gasteiger partial charge is 0.395 e. The molecule has 1 rings (SSSR count). The lowest BCUT2D eigenvalue weighted by Crippen LogP contribution is -2.31. The Balaban J connectivity index is 2.51. The third-order valence-electron chi connectivity index (χ3n) is 2.08. The first-order valence-corrected chi connectivity index (χ1v) is 5.30. The van der Waals surface area contributed by atoms with Gasteiger partial charge in [0.1, 0.15) is 5.01 Å². The van der Waals surface area contributed by atoms with Gasteiger partial charge in [0.25, 0.3) is 0 Å². The van der Waals surface area contributed by atoms with Crippen LogP contribution in [0.3, 0.4) is 0 Å². The normalized spacial score (nSPS) is 13.2. The zero-order valence-electron chi connectivity index (χ0n) is 8.69. The highest BCUT2D eigenvalue weighted by atomic mass is 32.1. The molecule has 0 aliphatic heterocycles. The Morgan fingerprint density at radius 3 is 2.79 bits per heavy atom. The van der Waals surface area contributed by atoms with Gasteiger partial charge in [0.05, 0.1) is 13.2 Å². The number of aliphatic hydroxyl groups excluding tert-OH is 1. The van der Waals surface area contributed by atoms with Gasteiger partial charge < -0.3 is 10.4 Å². The summed E-state index contributed by atoms with van der Waals surface area (Å²) in [7, 11) is 3.78. The molecule has 6 heteroatoms. The van der Waals surface area contributed by atoms with Crippen molar-refractivity contribution >= 4 is 16.5 Å². The number of anilines is 1. The molecule has 0 radical (unpaired) electrons. The highest BCUT2D eigenvalue weighted by Crippen LogP contribution is 2.16. The molecule has 1 atom stereocenters. The fourth-order valence-electron chi connectivity index (χ4n) is 0.927. The Bertz CT molecular complexity index is 278. The topological polar surface area (TPSA) is 61.3 Å². The molecule has 0 aromatic carbocycles. The third kappa shape index (κ3) is 2.90. The van der Waals surface area contributed by atoms with Crippen molar-refractivity contribution in [2.24, 2.45) is 0 Å². The summed E-state index contributed by atoms with van der Waals surface area (Å²) in [5, 5.41) is 21.6. The van der Waals surface area contributed by atoms with Gasteiger partial charge in [0.15, 0.2) is 0 Å². The molecule has 1 aromatic heterocycles. The monoisotopic (exact) mass is 216 g/mol. The molecule has 0 aliphatic carbocycles. The molecule has 5 nitrogen and oxygen atoms in total. The van der Waals surface area contributed by atoms with Crippen LogP contribution in [-0.4, -0.2) is 46.9 Å². The molecular weight excluding hydrogens is 200 g/mol. The first-order chi connectivity index (χ1) is 6.67. The number of likely N-dealkylation sites (N-methyl/N-ethyl adjacent to an activating group) is 1. The fraction of sp³-hybridized carbons (Fsp3) is 0.750. The first kappa shape index (κ1) is 11.4. The summed E-state index contributed by atoms with van der Waals surface area (Å²) in [6.07, 6.45) is 0. The minimum absolute atomic E-state index is 0.150. The molecule has 0 amide bonds. The van der Waals surface area contributed by atoms with Crippen LogP contribution in [0.5, 0.6) is 0 Å². The van der Waals surface area contributed by atoms with Crippen molar-refractivity contribution in [3.63, 3.8) is 0 Å². The Morgan fingerprint density at radius 1 is 1.57 bits per heavy atom. The van der Waals surface area contributed by atoms with E-state index in [0.29, 0.717) is 0 Å². The zero-order chi connectivity index (χ0) is 10.6. The Kier molecular flexibility index (Phi) is 4.24. The number of hydrogen-bond acceptors (Lipinski definition) is 6. The van der Waals surface area contributed by atoms with Crippen LogP contribution >= 0.6 is 11.3 Å². The molecule has 0 fully saturated rings. The molecule has 0 aliphatic rings. The van der Waals surface area contributed by atoms with Crippen LogP contribution in [0.25, 0.3) is 0 Å². The maximum absolute atomic E-state index is 8.95. The zero-order valence-corrected chi connectivity index (χ0v) is 9.51. The van der Waals surface area contributed by atoms with Gasteiger partial charge in [-0.3, -0.25) is 4.90 Å². The van der Waals surface area contributed by atoms with E-state index in [1.165, 1.54) is 11.3 Å². The lowest BCUT2D eigenvalue weighted by molar-refractivity contribution is 0.153. The molecule has 1 unspecified atom stereocenters. The van der Waals surface area contributed by atoms with Gasteiger partial charge in [0.2, 0.25) is 5.13 Å². The van der Waals surface area contributed by atoms with Crippen molar-refractivity contribution in [3.05, 3.63) is 5.01 Å². The molecule has 0 saturated heterocycles. The molecule has 0 bridgehead atoms. The highest BCUT2D eigenvalue weighted by Gasteiger charge is 2.11. The Morgan fingerprint density at radius 2 is 2.29 bits per heavy atom. The van der Waals surface area contributed by atoms with E-state index >= 15 is 0 Å². The summed E-state index contributed by atoms with van der Waals surface area (Å²) in [4.78, 5) is 2.04. The van der Waals surface area contributed by atoms with E-state index in [0.717, 1.165) is 16.7 Å². The second kappa shape index (κ2) is 5.23. The van der Waals surface area contributed by atoms with Gasteiger partial charge in [-0.25, -0.2) is 0 Å². The van der Waals surface area contributed by atoms with Crippen LogP contribution in [0.4, 0.5) is 5.13 Å². The van der Waals surface area contributed by atoms with E-state index in [9.17, 15) is 0 Å². The summed E-state index contributed by atoms with van der Waals surface area (Å²) in [5.74, 6) is 0. The first-order valence-electron chi connectivity index (χ1n) is 4.48. The van der Waals surface area contributed by atoms with Gasteiger partial charge in [-0.05, 0) is 14.0 Å². The minimum atomic E-state index is 0.150. The standard InChI is InChI=1S/C8H16N4OS/c1-6(5-13)12(3)4-7-10-11-8(9-2)14-7/h6,13H,4-5H2,1-3H3,(H,9,11). The molecule has 0 spiro atoms. The number of nitrogens with zero attached hydrogens (tertiary/aromatic N) is 3. The minimum Gasteiger partial charge on any atom is -0.395 e. The van der Waals surface area contributed by atoms with Crippen LogP contribution in [0.1, 0.15) is 11.9 Å². The van der Waals surface area contributed by atoms with Gasteiger partial charge in [-0.15, -0.1) is 10.2 Å². The number of aromatic nitrogens is 2. The number of aliphatic hydroxyl groups is 1. The van der Waals surface area contributed by atoms with Crippen molar-refractivity contribution in [2.75, 3.05) is 26.0 Å². The quantitative estimate of drug-likeness (QED) is 0.745. The molecule has 1 aromatic rings. The lowest BCUT2D eigenvalue weighted by Gasteiger charge is -2.20. The van der Waals surface area contributed by atoms with E-state index in [4.69, 9.17) is 5.11 Å². The maximum Gasteiger partial charge on any atom is 0.205 e. The smallest absolute Gasteiger partial charge is 0.205 e. The average Bonchev–Trinajstić information content (AvgIpc) is 2.64. The second-order valence-electron chi connectivity index (χ2n) is 3.20. The van der Waals surface area contributed by atoms with Crippen LogP contribution in [-0.2, 0) is 6.54 Å². The fourth-order valence-corrected chi connectivity index (χ4v) is 1.68. The molecular formula is C8H16N4OS. The van der Waals surface area contributed by atoms with E-state index in [1.54, 1.807) is 0 Å². The molecule has 80 valence electrons.